The summed E-state index contributed by atoms with van der Waals surface area (Å²) in [5.74, 6) is -1.99. The Labute approximate surface area is 188 Å². The Kier molecular flexibility index (Phi) is 8.95. The highest BCUT2D eigenvalue weighted by Gasteiger charge is 2.37. The number of rotatable bonds is 8. The van der Waals surface area contributed by atoms with Gasteiger partial charge in [-0.15, -0.1) is 0 Å². The maximum atomic E-state index is 12.5. The fourth-order valence-electron chi connectivity index (χ4n) is 3.57. The highest BCUT2D eigenvalue weighted by Crippen LogP contribution is 2.26. The van der Waals surface area contributed by atoms with Crippen molar-refractivity contribution in [2.24, 2.45) is 10.7 Å². The van der Waals surface area contributed by atoms with Crippen LogP contribution in [0.5, 0.6) is 0 Å². The molecule has 0 heterocycles. The Hall–Kier alpha value is -3.20. The number of carbonyl (C=O) groups is 3. The molecule has 0 saturated heterocycles. The minimum atomic E-state index is -1.09. The van der Waals surface area contributed by atoms with Crippen LogP contribution < -0.4 is 16.4 Å². The van der Waals surface area contributed by atoms with Crippen molar-refractivity contribution in [2.45, 2.75) is 71.2 Å². The van der Waals surface area contributed by atoms with Crippen molar-refractivity contribution in [3.05, 3.63) is 47.0 Å². The van der Waals surface area contributed by atoms with Gasteiger partial charge in [-0.25, -0.2) is 9.79 Å². The molecule has 1 aliphatic carbocycles. The van der Waals surface area contributed by atoms with Crippen LogP contribution in [0.2, 0.25) is 0 Å². The monoisotopic (exact) mass is 444 g/mol. The van der Waals surface area contributed by atoms with E-state index in [0.717, 1.165) is 18.4 Å². The quantitative estimate of drug-likeness (QED) is 0.356. The number of hydrogen-bond donors (Lipinski definition) is 4. The molecule has 2 rings (SSSR count). The van der Waals surface area contributed by atoms with Crippen molar-refractivity contribution in [2.75, 3.05) is 0 Å². The van der Waals surface area contributed by atoms with Crippen LogP contribution >= 0.6 is 0 Å². The highest BCUT2D eigenvalue weighted by atomic mass is 16.5. The number of aliphatic carboxylic acids is 1. The molecule has 0 aliphatic heterocycles. The summed E-state index contributed by atoms with van der Waals surface area (Å²) in [7, 11) is 0. The van der Waals surface area contributed by atoms with Crippen LogP contribution in [-0.2, 0) is 14.3 Å². The zero-order valence-corrected chi connectivity index (χ0v) is 18.9. The third-order valence-electron chi connectivity index (χ3n) is 5.33. The van der Waals surface area contributed by atoms with Crippen LogP contribution in [0.4, 0.5) is 0 Å². The Morgan fingerprint density at radius 2 is 1.84 bits per heavy atom. The molecule has 0 saturated carbocycles. The number of benzene rings is 1. The number of aryl methyl sites for hydroxylation is 1. The lowest BCUT2D eigenvalue weighted by molar-refractivity contribution is -0.133. The molecule has 3 atom stereocenters. The zero-order valence-electron chi connectivity index (χ0n) is 18.9. The van der Waals surface area contributed by atoms with Gasteiger partial charge in [-0.05, 0) is 38.0 Å². The molecule has 9 heteroatoms. The zero-order chi connectivity index (χ0) is 23.8. The second kappa shape index (κ2) is 11.4. The summed E-state index contributed by atoms with van der Waals surface area (Å²) in [5.41, 5.74) is 7.53. The normalized spacial score (nSPS) is 21.1. The van der Waals surface area contributed by atoms with Crippen LogP contribution in [-0.4, -0.2) is 53.1 Å². The number of nitrogens with one attached hydrogen (secondary N) is 2. The SMILES string of the molecule is CCC(CC)O[C@@H]1C=C(C(=O)O)C[C@H](N=C(N)NC(=O)c2ccc(C)cc2)[C@H]1NC(C)=O. The second-order valence-electron chi connectivity index (χ2n) is 7.87. The summed E-state index contributed by atoms with van der Waals surface area (Å²) in [5, 5.41) is 14.9. The lowest BCUT2D eigenvalue weighted by Gasteiger charge is -2.36. The van der Waals surface area contributed by atoms with E-state index in [-0.39, 0.29) is 30.0 Å². The molecule has 0 unspecified atom stereocenters. The van der Waals surface area contributed by atoms with Gasteiger partial charge in [-0.2, -0.15) is 0 Å². The average molecular weight is 445 g/mol. The van der Waals surface area contributed by atoms with Crippen LogP contribution in [0.15, 0.2) is 40.9 Å². The van der Waals surface area contributed by atoms with Gasteiger partial charge < -0.3 is 20.9 Å². The van der Waals surface area contributed by atoms with Gasteiger partial charge in [0.1, 0.15) is 0 Å². The third kappa shape index (κ3) is 6.91. The number of carboxylic acid groups (broad SMARTS) is 1. The van der Waals surface area contributed by atoms with E-state index in [9.17, 15) is 19.5 Å². The smallest absolute Gasteiger partial charge is 0.331 e. The number of nitrogens with two attached hydrogens (primary N) is 1. The fourth-order valence-corrected chi connectivity index (χ4v) is 3.57. The minimum Gasteiger partial charge on any atom is -0.478 e. The molecule has 0 fully saturated rings. The van der Waals surface area contributed by atoms with Crippen molar-refractivity contribution in [1.29, 1.82) is 0 Å². The van der Waals surface area contributed by atoms with E-state index in [1.54, 1.807) is 24.3 Å². The summed E-state index contributed by atoms with van der Waals surface area (Å²) in [6, 6.07) is 5.59. The molecule has 5 N–H and O–H groups in total. The fraction of sp³-hybridized carbons (Fsp3) is 0.478. The number of carbonyl (C=O) groups excluding carboxylic acids is 2. The largest absolute Gasteiger partial charge is 0.478 e. The minimum absolute atomic E-state index is 0.0319. The maximum Gasteiger partial charge on any atom is 0.331 e. The Balaban J connectivity index is 2.30. The number of ether oxygens (including phenoxy) is 1. The first-order chi connectivity index (χ1) is 15.1. The van der Waals surface area contributed by atoms with Crippen molar-refractivity contribution < 1.29 is 24.2 Å². The van der Waals surface area contributed by atoms with Gasteiger partial charge in [0.25, 0.3) is 5.91 Å². The number of carboxylic acids is 1. The lowest BCUT2D eigenvalue weighted by Crippen LogP contribution is -2.54. The van der Waals surface area contributed by atoms with E-state index in [1.165, 1.54) is 13.0 Å². The van der Waals surface area contributed by atoms with Gasteiger partial charge in [-0.1, -0.05) is 31.5 Å². The molecule has 0 spiro atoms. The molecule has 2 amide bonds. The van der Waals surface area contributed by atoms with Gasteiger partial charge in [0.15, 0.2) is 5.96 Å². The molecule has 174 valence electrons. The number of hydrogen-bond acceptors (Lipinski definition) is 5. The Bertz CT molecular complexity index is 890. The first kappa shape index (κ1) is 25.1. The molecule has 9 nitrogen and oxygen atoms in total. The molecule has 0 aromatic heterocycles. The highest BCUT2D eigenvalue weighted by molar-refractivity contribution is 6.05. The first-order valence-electron chi connectivity index (χ1n) is 10.7. The molecule has 0 bridgehead atoms. The molecule has 32 heavy (non-hydrogen) atoms. The van der Waals surface area contributed by atoms with Crippen molar-refractivity contribution >= 4 is 23.7 Å². The van der Waals surface area contributed by atoms with E-state index in [0.29, 0.717) is 5.56 Å². The number of guanidine groups is 1. The van der Waals surface area contributed by atoms with E-state index in [4.69, 9.17) is 10.5 Å². The number of nitrogens with zero attached hydrogens (tertiary/aromatic N) is 1. The van der Waals surface area contributed by atoms with Gasteiger partial charge in [0.05, 0.1) is 24.3 Å². The van der Waals surface area contributed by atoms with Crippen molar-refractivity contribution in [1.82, 2.24) is 10.6 Å². The molecular formula is C23H32N4O5. The molecule has 1 aliphatic rings. The van der Waals surface area contributed by atoms with Crippen LogP contribution in [0.3, 0.4) is 0 Å². The number of aliphatic imine (C=N–C) groups is 1. The molecule has 1 aromatic rings. The summed E-state index contributed by atoms with van der Waals surface area (Å²) in [4.78, 5) is 40.4. The van der Waals surface area contributed by atoms with Crippen LogP contribution in [0.1, 0.15) is 56.0 Å². The third-order valence-corrected chi connectivity index (χ3v) is 5.33. The van der Waals surface area contributed by atoms with Gasteiger partial charge in [0, 0.05) is 24.5 Å². The van der Waals surface area contributed by atoms with Crippen LogP contribution in [0, 0.1) is 6.92 Å². The molecule has 1 aromatic carbocycles. The van der Waals surface area contributed by atoms with Gasteiger partial charge >= 0.3 is 5.97 Å². The van der Waals surface area contributed by atoms with Crippen molar-refractivity contribution in [3.63, 3.8) is 0 Å². The summed E-state index contributed by atoms with van der Waals surface area (Å²) in [6.45, 7) is 7.23. The predicted molar refractivity (Wildman–Crippen MR) is 121 cm³/mol. The van der Waals surface area contributed by atoms with E-state index >= 15 is 0 Å². The average Bonchev–Trinajstić information content (AvgIpc) is 2.73. The summed E-state index contributed by atoms with van der Waals surface area (Å²) >= 11 is 0. The topological polar surface area (TPSA) is 143 Å². The second-order valence-corrected chi connectivity index (χ2v) is 7.87. The molecular weight excluding hydrogens is 412 g/mol. The van der Waals surface area contributed by atoms with Crippen molar-refractivity contribution in [3.8, 4) is 0 Å². The van der Waals surface area contributed by atoms with E-state index in [1.807, 2.05) is 20.8 Å². The number of amides is 2. The van der Waals surface area contributed by atoms with Gasteiger partial charge in [-0.3, -0.25) is 14.9 Å². The predicted octanol–water partition coefficient (Wildman–Crippen LogP) is 1.90. The lowest BCUT2D eigenvalue weighted by atomic mass is 9.88. The molecule has 0 radical (unpaired) electrons. The van der Waals surface area contributed by atoms with E-state index in [2.05, 4.69) is 15.6 Å². The summed E-state index contributed by atoms with van der Waals surface area (Å²) in [6.07, 6.45) is 2.22. The Morgan fingerprint density at radius 1 is 1.22 bits per heavy atom. The first-order valence-corrected chi connectivity index (χ1v) is 10.7. The maximum absolute atomic E-state index is 12.5. The Morgan fingerprint density at radius 3 is 2.38 bits per heavy atom. The standard InChI is InChI=1S/C23H32N4O5/c1-5-17(6-2)32-19-12-16(22(30)31)11-18(20(19)25-14(4)28)26-23(24)27-21(29)15-9-7-13(3)8-10-15/h7-10,12,17-20H,5-6,11H2,1-4H3,(H,25,28)(H,30,31)(H3,24,26,27,29)/t18-,19+,20+/m0/s1. The summed E-state index contributed by atoms with van der Waals surface area (Å²) < 4.78 is 6.11. The van der Waals surface area contributed by atoms with Crippen LogP contribution in [0.25, 0.3) is 0 Å². The van der Waals surface area contributed by atoms with E-state index < -0.39 is 30.1 Å². The van der Waals surface area contributed by atoms with Gasteiger partial charge in [0.2, 0.25) is 5.91 Å².